The molecule has 1 aliphatic heterocycles. The molecular formula is C49H97NO8. The first-order valence-corrected chi connectivity index (χ1v) is 25.2. The van der Waals surface area contributed by atoms with Crippen LogP contribution in [0.15, 0.2) is 0 Å². The summed E-state index contributed by atoms with van der Waals surface area (Å²) in [5, 5.41) is 54.5. The van der Waals surface area contributed by atoms with Crippen LogP contribution in [0.4, 0.5) is 0 Å². The van der Waals surface area contributed by atoms with Crippen molar-refractivity contribution in [1.82, 2.24) is 5.32 Å². The van der Waals surface area contributed by atoms with E-state index < -0.39 is 49.5 Å². The predicted molar refractivity (Wildman–Crippen MR) is 240 cm³/mol. The molecule has 0 aromatic rings. The molecule has 6 N–H and O–H groups in total. The van der Waals surface area contributed by atoms with E-state index in [1.807, 2.05) is 0 Å². The lowest BCUT2D eigenvalue weighted by Crippen LogP contribution is -2.60. The second kappa shape index (κ2) is 40.3. The maximum atomic E-state index is 13.0. The summed E-state index contributed by atoms with van der Waals surface area (Å²) in [4.78, 5) is 13.0. The molecule has 1 rings (SSSR count). The van der Waals surface area contributed by atoms with Crippen molar-refractivity contribution in [2.75, 3.05) is 13.2 Å². The summed E-state index contributed by atoms with van der Waals surface area (Å²) in [6, 6.07) is -0.712. The standard InChI is InChI=1S/C49H97NO8/c1-3-5-7-9-11-13-15-17-19-21-23-25-27-29-31-33-35-37-39-45(53)50-42(41-57-49-48(56)47(55)46(54)44(40-51)58-49)43(52)38-36-34-32-30-28-26-24-22-20-18-16-14-12-10-8-6-4-2/h42-44,46-49,51-52,54-56H,3-41H2,1-2H3,(H,50,53)/t42-,43+,44-,46-,47?,48?,49-/m0/s1. The van der Waals surface area contributed by atoms with Gasteiger partial charge in [0.2, 0.25) is 5.91 Å². The van der Waals surface area contributed by atoms with E-state index in [1.54, 1.807) is 0 Å². The minimum atomic E-state index is -1.55. The molecule has 1 aliphatic rings. The van der Waals surface area contributed by atoms with E-state index in [1.165, 1.54) is 186 Å². The van der Waals surface area contributed by atoms with Crippen molar-refractivity contribution < 1.29 is 39.8 Å². The van der Waals surface area contributed by atoms with Gasteiger partial charge in [0.25, 0.3) is 0 Å². The van der Waals surface area contributed by atoms with E-state index in [4.69, 9.17) is 9.47 Å². The third-order valence-corrected chi connectivity index (χ3v) is 12.5. The SMILES string of the molecule is CCCCCCCCCCCCCCCCCCCCC(=O)N[C@@H](CO[C@H]1O[C@@H](CO)[C@H](O)C(O)C1O)[C@H](O)CCCCCCCCCCCCCCCCCCC. The van der Waals surface area contributed by atoms with Gasteiger partial charge in [-0.2, -0.15) is 0 Å². The first kappa shape index (κ1) is 55.2. The highest BCUT2D eigenvalue weighted by Gasteiger charge is 2.44. The second-order valence-corrected chi connectivity index (χ2v) is 18.0. The van der Waals surface area contributed by atoms with Gasteiger partial charge in [-0.1, -0.05) is 232 Å². The Morgan fingerprint density at radius 2 is 0.862 bits per heavy atom. The van der Waals surface area contributed by atoms with Crippen molar-refractivity contribution in [2.24, 2.45) is 0 Å². The van der Waals surface area contributed by atoms with E-state index in [2.05, 4.69) is 19.2 Å². The highest BCUT2D eigenvalue weighted by Crippen LogP contribution is 2.23. The minimum absolute atomic E-state index is 0.131. The Labute approximate surface area is 357 Å². The summed E-state index contributed by atoms with van der Waals surface area (Å²) in [5.74, 6) is -0.139. The molecule has 0 aromatic heterocycles. The van der Waals surface area contributed by atoms with Crippen LogP contribution in [0.3, 0.4) is 0 Å². The van der Waals surface area contributed by atoms with Crippen molar-refractivity contribution in [3.8, 4) is 0 Å². The van der Waals surface area contributed by atoms with E-state index in [-0.39, 0.29) is 12.5 Å². The largest absolute Gasteiger partial charge is 0.394 e. The van der Waals surface area contributed by atoms with Gasteiger partial charge in [0.05, 0.1) is 25.4 Å². The number of hydrogen-bond acceptors (Lipinski definition) is 8. The van der Waals surface area contributed by atoms with Gasteiger partial charge in [-0.3, -0.25) is 4.79 Å². The molecule has 346 valence electrons. The number of unbranched alkanes of at least 4 members (excludes halogenated alkanes) is 33. The van der Waals surface area contributed by atoms with Gasteiger partial charge in [-0.25, -0.2) is 0 Å². The lowest BCUT2D eigenvalue weighted by atomic mass is 9.99. The number of ether oxygens (including phenoxy) is 2. The average Bonchev–Trinajstić information content (AvgIpc) is 3.22. The van der Waals surface area contributed by atoms with Gasteiger partial charge in [0, 0.05) is 6.42 Å². The Hall–Kier alpha value is -0.810. The lowest BCUT2D eigenvalue weighted by molar-refractivity contribution is -0.302. The van der Waals surface area contributed by atoms with E-state index in [0.717, 1.165) is 38.5 Å². The molecule has 1 heterocycles. The quantitative estimate of drug-likeness (QED) is 0.0333. The predicted octanol–water partition coefficient (Wildman–Crippen LogP) is 11.1. The second-order valence-electron chi connectivity index (χ2n) is 18.0. The summed E-state index contributed by atoms with van der Waals surface area (Å²) in [7, 11) is 0. The maximum absolute atomic E-state index is 13.0. The van der Waals surface area contributed by atoms with Gasteiger partial charge in [0.15, 0.2) is 6.29 Å². The number of aliphatic hydroxyl groups excluding tert-OH is 5. The van der Waals surface area contributed by atoms with Crippen LogP contribution in [0.5, 0.6) is 0 Å². The molecular weight excluding hydrogens is 731 g/mol. The molecule has 2 unspecified atom stereocenters. The fourth-order valence-corrected chi connectivity index (χ4v) is 8.40. The number of carbonyl (C=O) groups is 1. The van der Waals surface area contributed by atoms with Crippen LogP contribution < -0.4 is 5.32 Å². The zero-order valence-electron chi connectivity index (χ0n) is 38.1. The molecule has 9 heteroatoms. The number of hydrogen-bond donors (Lipinski definition) is 6. The maximum Gasteiger partial charge on any atom is 0.220 e. The first-order valence-electron chi connectivity index (χ1n) is 25.2. The topological polar surface area (TPSA) is 149 Å². The molecule has 1 saturated heterocycles. The van der Waals surface area contributed by atoms with Crippen LogP contribution in [-0.4, -0.2) is 87.5 Å². The highest BCUT2D eigenvalue weighted by molar-refractivity contribution is 5.76. The van der Waals surface area contributed by atoms with Crippen molar-refractivity contribution in [3.63, 3.8) is 0 Å². The van der Waals surface area contributed by atoms with Crippen LogP contribution in [0.1, 0.15) is 251 Å². The summed E-state index contributed by atoms with van der Waals surface area (Å²) in [5.41, 5.74) is 0. The van der Waals surface area contributed by atoms with Crippen LogP contribution in [0.25, 0.3) is 0 Å². The Morgan fingerprint density at radius 3 is 1.22 bits per heavy atom. The number of aliphatic hydroxyl groups is 5. The number of nitrogens with one attached hydrogen (secondary N) is 1. The molecule has 0 bridgehead atoms. The molecule has 0 spiro atoms. The summed E-state index contributed by atoms with van der Waals surface area (Å²) in [6.07, 6.45) is 38.2. The minimum Gasteiger partial charge on any atom is -0.394 e. The fourth-order valence-electron chi connectivity index (χ4n) is 8.40. The number of rotatable bonds is 43. The molecule has 7 atom stereocenters. The molecule has 0 saturated carbocycles. The normalized spacial score (nSPS) is 20.7. The molecule has 0 radical (unpaired) electrons. The van der Waals surface area contributed by atoms with Gasteiger partial charge in [-0.15, -0.1) is 0 Å². The van der Waals surface area contributed by atoms with Crippen LogP contribution in [0, 0.1) is 0 Å². The smallest absolute Gasteiger partial charge is 0.220 e. The molecule has 9 nitrogen and oxygen atoms in total. The molecule has 1 fully saturated rings. The first-order chi connectivity index (χ1) is 28.3. The molecule has 0 aromatic carbocycles. The highest BCUT2D eigenvalue weighted by atomic mass is 16.7. The average molecular weight is 828 g/mol. The molecule has 0 aliphatic carbocycles. The van der Waals surface area contributed by atoms with Gasteiger partial charge >= 0.3 is 0 Å². The van der Waals surface area contributed by atoms with Crippen molar-refractivity contribution in [3.05, 3.63) is 0 Å². The van der Waals surface area contributed by atoms with Crippen LogP contribution in [0.2, 0.25) is 0 Å². The van der Waals surface area contributed by atoms with E-state index in [9.17, 15) is 30.3 Å². The molecule has 1 amide bonds. The zero-order chi connectivity index (χ0) is 42.3. The van der Waals surface area contributed by atoms with E-state index >= 15 is 0 Å². The third-order valence-electron chi connectivity index (χ3n) is 12.5. The lowest BCUT2D eigenvalue weighted by Gasteiger charge is -2.40. The van der Waals surface area contributed by atoms with Gasteiger partial charge in [-0.05, 0) is 12.8 Å². The van der Waals surface area contributed by atoms with Crippen molar-refractivity contribution in [1.29, 1.82) is 0 Å². The Kier molecular flexibility index (Phi) is 38.3. The van der Waals surface area contributed by atoms with E-state index in [0.29, 0.717) is 12.8 Å². The van der Waals surface area contributed by atoms with Gasteiger partial charge in [0.1, 0.15) is 24.4 Å². The number of amides is 1. The van der Waals surface area contributed by atoms with Gasteiger partial charge < -0.3 is 40.3 Å². The summed E-state index contributed by atoms with van der Waals surface area (Å²) < 4.78 is 11.3. The van der Waals surface area contributed by atoms with Crippen molar-refractivity contribution in [2.45, 2.75) is 294 Å². The Morgan fingerprint density at radius 1 is 0.517 bits per heavy atom. The summed E-state index contributed by atoms with van der Waals surface area (Å²) >= 11 is 0. The van der Waals surface area contributed by atoms with Crippen LogP contribution >= 0.6 is 0 Å². The monoisotopic (exact) mass is 828 g/mol. The molecule has 58 heavy (non-hydrogen) atoms. The van der Waals surface area contributed by atoms with Crippen LogP contribution in [-0.2, 0) is 14.3 Å². The van der Waals surface area contributed by atoms with Crippen molar-refractivity contribution >= 4 is 5.91 Å². The Bertz CT molecular complexity index is 878. The number of carbonyl (C=O) groups excluding carboxylic acids is 1. The zero-order valence-corrected chi connectivity index (χ0v) is 38.1. The Balaban J connectivity index is 2.27. The third kappa shape index (κ3) is 30.3. The summed E-state index contributed by atoms with van der Waals surface area (Å²) in [6.45, 7) is 3.87. The fraction of sp³-hybridized carbons (Fsp3) is 0.980.